The number of allylic oxidation sites excluding steroid dienone is 6. The van der Waals surface area contributed by atoms with E-state index in [2.05, 4.69) is 144 Å². The van der Waals surface area contributed by atoms with Crippen molar-refractivity contribution in [3.05, 3.63) is 169 Å². The number of aromatic nitrogens is 2. The van der Waals surface area contributed by atoms with Crippen LogP contribution in [0.3, 0.4) is 0 Å². The molecule has 2 heteroatoms. The third-order valence-corrected chi connectivity index (χ3v) is 10.5. The average Bonchev–Trinajstić information content (AvgIpc) is 3.16. The van der Waals surface area contributed by atoms with Crippen LogP contribution in [0.25, 0.3) is 66.0 Å². The number of fused-ring (bicyclic) bond motifs is 4. The molecule has 230 valence electrons. The van der Waals surface area contributed by atoms with Crippen molar-refractivity contribution in [3.8, 4) is 33.6 Å². The number of benzene rings is 5. The molecule has 0 bridgehead atoms. The van der Waals surface area contributed by atoms with Gasteiger partial charge in [-0.05, 0) is 103 Å². The Morgan fingerprint density at radius 1 is 0.583 bits per heavy atom. The van der Waals surface area contributed by atoms with Gasteiger partial charge in [0.1, 0.15) is 0 Å². The van der Waals surface area contributed by atoms with Crippen molar-refractivity contribution in [1.82, 2.24) is 9.97 Å². The molecule has 0 amide bonds. The SMILES string of the molecule is CCC1=CC2C=CC(c3c4ccccc4c(-c4cccc5c(-c6ccnc(-c7ccccn7)c6)cccc45)c4ccccc34)CC2C=C1. The summed E-state index contributed by atoms with van der Waals surface area (Å²) in [6, 6.07) is 41.9. The van der Waals surface area contributed by atoms with Gasteiger partial charge < -0.3 is 0 Å². The molecule has 0 radical (unpaired) electrons. The Bertz CT molecular complexity index is 2370. The van der Waals surface area contributed by atoms with Gasteiger partial charge in [-0.3, -0.25) is 9.97 Å². The van der Waals surface area contributed by atoms with Gasteiger partial charge in [-0.1, -0.05) is 134 Å². The summed E-state index contributed by atoms with van der Waals surface area (Å²) >= 11 is 0. The van der Waals surface area contributed by atoms with Crippen molar-refractivity contribution in [3.63, 3.8) is 0 Å². The highest BCUT2D eigenvalue weighted by molar-refractivity contribution is 6.19. The topological polar surface area (TPSA) is 25.8 Å². The van der Waals surface area contributed by atoms with Crippen LogP contribution in [0.2, 0.25) is 0 Å². The minimum absolute atomic E-state index is 0.357. The lowest BCUT2D eigenvalue weighted by molar-refractivity contribution is 0.459. The fourth-order valence-corrected chi connectivity index (χ4v) is 8.20. The number of hydrogen-bond donors (Lipinski definition) is 0. The Kier molecular flexibility index (Phi) is 7.08. The van der Waals surface area contributed by atoms with Crippen LogP contribution in [-0.2, 0) is 0 Å². The summed E-state index contributed by atoms with van der Waals surface area (Å²) in [6.07, 6.45) is 18.2. The Labute approximate surface area is 281 Å². The van der Waals surface area contributed by atoms with Gasteiger partial charge in [0.15, 0.2) is 0 Å². The fourth-order valence-electron chi connectivity index (χ4n) is 8.20. The highest BCUT2D eigenvalue weighted by Gasteiger charge is 2.29. The van der Waals surface area contributed by atoms with E-state index >= 15 is 0 Å². The summed E-state index contributed by atoms with van der Waals surface area (Å²) in [7, 11) is 0. The minimum Gasteiger partial charge on any atom is -0.255 e. The molecule has 2 aliphatic rings. The van der Waals surface area contributed by atoms with Gasteiger partial charge >= 0.3 is 0 Å². The van der Waals surface area contributed by atoms with Gasteiger partial charge in [0.05, 0.1) is 11.4 Å². The first-order valence-corrected chi connectivity index (χ1v) is 17.2. The lowest BCUT2D eigenvalue weighted by Crippen LogP contribution is -2.19. The second kappa shape index (κ2) is 11.9. The largest absolute Gasteiger partial charge is 0.255 e. The molecule has 2 heterocycles. The molecular formula is C46H36N2. The molecule has 2 aliphatic carbocycles. The van der Waals surface area contributed by atoms with E-state index < -0.39 is 0 Å². The van der Waals surface area contributed by atoms with Crippen LogP contribution in [0, 0.1) is 11.8 Å². The van der Waals surface area contributed by atoms with Gasteiger partial charge in [-0.25, -0.2) is 0 Å². The highest BCUT2D eigenvalue weighted by Crippen LogP contribution is 2.48. The summed E-state index contributed by atoms with van der Waals surface area (Å²) in [5.74, 6) is 1.40. The summed E-state index contributed by atoms with van der Waals surface area (Å²) < 4.78 is 0. The normalized spacial score (nSPS) is 18.7. The monoisotopic (exact) mass is 616 g/mol. The van der Waals surface area contributed by atoms with Crippen LogP contribution in [0.15, 0.2) is 164 Å². The zero-order chi connectivity index (χ0) is 32.0. The smallest absolute Gasteiger partial charge is 0.0892 e. The van der Waals surface area contributed by atoms with E-state index in [4.69, 9.17) is 0 Å². The second-order valence-corrected chi connectivity index (χ2v) is 13.2. The number of hydrogen-bond acceptors (Lipinski definition) is 2. The van der Waals surface area contributed by atoms with E-state index in [0.717, 1.165) is 29.8 Å². The molecule has 5 aromatic carbocycles. The van der Waals surface area contributed by atoms with Crippen LogP contribution in [0.4, 0.5) is 0 Å². The first-order valence-electron chi connectivity index (χ1n) is 17.2. The van der Waals surface area contributed by atoms with Gasteiger partial charge in [0, 0.05) is 24.2 Å². The van der Waals surface area contributed by atoms with E-state index in [1.54, 1.807) is 0 Å². The average molecular weight is 617 g/mol. The predicted octanol–water partition coefficient (Wildman–Crippen LogP) is 12.1. The molecule has 0 N–H and O–H groups in total. The Balaban J connectivity index is 1.24. The second-order valence-electron chi connectivity index (χ2n) is 13.2. The zero-order valence-electron chi connectivity index (χ0n) is 27.1. The maximum atomic E-state index is 4.65. The first kappa shape index (κ1) is 28.6. The number of pyridine rings is 2. The molecule has 2 nitrogen and oxygen atoms in total. The summed E-state index contributed by atoms with van der Waals surface area (Å²) in [5, 5.41) is 7.81. The summed E-state index contributed by atoms with van der Waals surface area (Å²) in [6.45, 7) is 2.25. The molecule has 48 heavy (non-hydrogen) atoms. The molecule has 0 saturated carbocycles. The number of rotatable bonds is 5. The Morgan fingerprint density at radius 2 is 1.25 bits per heavy atom. The van der Waals surface area contributed by atoms with Crippen LogP contribution in [0.5, 0.6) is 0 Å². The lowest BCUT2D eigenvalue weighted by atomic mass is 9.72. The summed E-state index contributed by atoms with van der Waals surface area (Å²) in [4.78, 5) is 9.20. The third kappa shape index (κ3) is 4.79. The van der Waals surface area contributed by atoms with Crippen LogP contribution >= 0.6 is 0 Å². The highest BCUT2D eigenvalue weighted by atomic mass is 14.8. The van der Waals surface area contributed by atoms with E-state index in [9.17, 15) is 0 Å². The maximum absolute atomic E-state index is 4.65. The quantitative estimate of drug-likeness (QED) is 0.142. The van der Waals surface area contributed by atoms with Gasteiger partial charge in [0.2, 0.25) is 0 Å². The van der Waals surface area contributed by atoms with Crippen molar-refractivity contribution in [1.29, 1.82) is 0 Å². The standard InChI is InChI=1S/C46H36N2/c1-2-30-20-21-32-28-34(23-22-31(32)27-30)45-39-11-3-5-13-41(39)46(42-14-6-4-12-40(42)45)38-18-10-16-36-35(15-9-17-37(36)38)33-24-26-48-44(29-33)43-19-7-8-25-47-43/h3-27,29,31-32,34H,2,28H2,1H3. The Morgan fingerprint density at radius 3 is 1.98 bits per heavy atom. The molecule has 7 aromatic rings. The molecule has 3 atom stereocenters. The molecule has 2 aromatic heterocycles. The predicted molar refractivity (Wildman–Crippen MR) is 202 cm³/mol. The van der Waals surface area contributed by atoms with Gasteiger partial charge in [-0.2, -0.15) is 0 Å². The van der Waals surface area contributed by atoms with E-state index in [-0.39, 0.29) is 0 Å². The molecule has 9 rings (SSSR count). The summed E-state index contributed by atoms with van der Waals surface area (Å²) in [5.41, 5.74) is 9.57. The maximum Gasteiger partial charge on any atom is 0.0892 e. The molecule has 0 fully saturated rings. The molecule has 0 spiro atoms. The van der Waals surface area contributed by atoms with Crippen molar-refractivity contribution in [2.24, 2.45) is 11.8 Å². The first-order chi connectivity index (χ1) is 23.8. The Hall–Kier alpha value is -5.60. The van der Waals surface area contributed by atoms with Crippen molar-refractivity contribution in [2.75, 3.05) is 0 Å². The van der Waals surface area contributed by atoms with Crippen LogP contribution in [-0.4, -0.2) is 9.97 Å². The molecule has 3 unspecified atom stereocenters. The molecular weight excluding hydrogens is 581 g/mol. The van der Waals surface area contributed by atoms with Crippen molar-refractivity contribution < 1.29 is 0 Å². The van der Waals surface area contributed by atoms with Crippen molar-refractivity contribution >= 4 is 32.3 Å². The fraction of sp³-hybridized carbons (Fsp3) is 0.130. The van der Waals surface area contributed by atoms with E-state index in [1.807, 2.05) is 30.6 Å². The van der Waals surface area contributed by atoms with Gasteiger partial charge in [-0.15, -0.1) is 0 Å². The van der Waals surface area contributed by atoms with Crippen molar-refractivity contribution in [2.45, 2.75) is 25.7 Å². The molecule has 0 saturated heterocycles. The van der Waals surface area contributed by atoms with E-state index in [1.165, 1.54) is 60.1 Å². The third-order valence-electron chi connectivity index (χ3n) is 10.5. The van der Waals surface area contributed by atoms with Gasteiger partial charge in [0.25, 0.3) is 0 Å². The minimum atomic E-state index is 0.357. The lowest BCUT2D eigenvalue weighted by Gasteiger charge is -2.32. The zero-order valence-corrected chi connectivity index (χ0v) is 27.1. The number of nitrogens with zero attached hydrogens (tertiary/aromatic N) is 2. The van der Waals surface area contributed by atoms with Crippen LogP contribution in [0.1, 0.15) is 31.2 Å². The van der Waals surface area contributed by atoms with Crippen LogP contribution < -0.4 is 0 Å². The molecule has 0 aliphatic heterocycles. The van der Waals surface area contributed by atoms with E-state index in [0.29, 0.717) is 17.8 Å².